The van der Waals surface area contributed by atoms with Crippen LogP contribution in [0.1, 0.15) is 17.5 Å². The SMILES string of the molecule is O=C1COc2ncc(N3CC(CCNCC4Cc5cc(OC6CNC6)cc(F)c5C4)OC3=O)nc2N1. The Kier molecular flexibility index (Phi) is 6.05. The molecule has 0 saturated carbocycles. The molecule has 2 aromatic rings. The zero-order valence-electron chi connectivity index (χ0n) is 19.6. The first-order valence-corrected chi connectivity index (χ1v) is 12.2. The predicted octanol–water partition coefficient (Wildman–Crippen LogP) is 1.02. The van der Waals surface area contributed by atoms with E-state index in [-0.39, 0.29) is 42.2 Å². The molecule has 6 rings (SSSR count). The van der Waals surface area contributed by atoms with Gasteiger partial charge in [0, 0.05) is 19.2 Å². The van der Waals surface area contributed by atoms with Crippen molar-refractivity contribution in [1.29, 1.82) is 0 Å². The monoisotopic (exact) mass is 498 g/mol. The number of benzene rings is 1. The van der Waals surface area contributed by atoms with Crippen LogP contribution in [0.15, 0.2) is 18.3 Å². The molecule has 12 heteroatoms. The number of hydrogen-bond acceptors (Lipinski definition) is 9. The normalized spacial score (nSPS) is 22.9. The quantitative estimate of drug-likeness (QED) is 0.457. The van der Waals surface area contributed by atoms with Crippen molar-refractivity contribution >= 4 is 23.6 Å². The molecule has 4 heterocycles. The number of ether oxygens (including phenoxy) is 3. The largest absolute Gasteiger partial charge is 0.488 e. The number of hydrogen-bond donors (Lipinski definition) is 3. The Morgan fingerprint density at radius 1 is 1.25 bits per heavy atom. The summed E-state index contributed by atoms with van der Waals surface area (Å²) >= 11 is 0. The van der Waals surface area contributed by atoms with E-state index in [0.29, 0.717) is 43.4 Å². The summed E-state index contributed by atoms with van der Waals surface area (Å²) in [5.74, 6) is 1.11. The number of rotatable bonds is 8. The van der Waals surface area contributed by atoms with Gasteiger partial charge in [0.2, 0.25) is 0 Å². The van der Waals surface area contributed by atoms with E-state index in [1.54, 1.807) is 0 Å². The van der Waals surface area contributed by atoms with Crippen LogP contribution in [-0.2, 0) is 22.4 Å². The molecule has 4 aliphatic rings. The van der Waals surface area contributed by atoms with E-state index >= 15 is 0 Å². The van der Waals surface area contributed by atoms with E-state index in [9.17, 15) is 14.0 Å². The summed E-state index contributed by atoms with van der Waals surface area (Å²) in [6.45, 7) is 3.22. The number of fused-ring (bicyclic) bond motifs is 2. The smallest absolute Gasteiger partial charge is 0.415 e. The number of nitrogens with one attached hydrogen (secondary N) is 3. The number of anilines is 2. The van der Waals surface area contributed by atoms with Gasteiger partial charge >= 0.3 is 6.09 Å². The highest BCUT2D eigenvalue weighted by atomic mass is 19.1. The van der Waals surface area contributed by atoms with E-state index in [2.05, 4.69) is 25.9 Å². The topological polar surface area (TPSA) is 127 Å². The maximum atomic E-state index is 14.6. The standard InChI is InChI=1S/C24H27FN6O5/c25-19-6-16(35-17-8-27-9-17)5-14-3-13(4-18(14)19)7-26-2-1-15-11-31(24(33)36-15)20-10-28-23-22(29-20)30-21(32)12-34-23/h5-6,10,13,15,17,26-27H,1-4,7-9,11-12H2,(H,29,30,32). The average molecular weight is 499 g/mol. The Balaban J connectivity index is 0.970. The van der Waals surface area contributed by atoms with Crippen LogP contribution in [0.5, 0.6) is 11.6 Å². The Bertz CT molecular complexity index is 1190. The minimum absolute atomic E-state index is 0.114. The fourth-order valence-electron chi connectivity index (χ4n) is 4.91. The van der Waals surface area contributed by atoms with Gasteiger partial charge in [0.25, 0.3) is 11.8 Å². The number of nitrogens with zero attached hydrogens (tertiary/aromatic N) is 3. The van der Waals surface area contributed by atoms with Gasteiger partial charge in [-0.25, -0.2) is 19.2 Å². The third-order valence-electron chi connectivity index (χ3n) is 6.86. The molecule has 2 saturated heterocycles. The first kappa shape index (κ1) is 22.9. The van der Waals surface area contributed by atoms with E-state index in [0.717, 1.165) is 37.2 Å². The molecular weight excluding hydrogens is 471 g/mol. The number of halogens is 1. The summed E-state index contributed by atoms with van der Waals surface area (Å²) in [5, 5.41) is 9.16. The van der Waals surface area contributed by atoms with Crippen molar-refractivity contribution in [3.8, 4) is 11.6 Å². The van der Waals surface area contributed by atoms with Crippen molar-refractivity contribution < 1.29 is 28.2 Å². The van der Waals surface area contributed by atoms with Crippen LogP contribution in [0.25, 0.3) is 0 Å². The molecule has 1 aliphatic carbocycles. The predicted molar refractivity (Wildman–Crippen MR) is 126 cm³/mol. The Labute approximate surface area is 206 Å². The lowest BCUT2D eigenvalue weighted by Crippen LogP contribution is -2.50. The van der Waals surface area contributed by atoms with Crippen molar-refractivity contribution in [2.24, 2.45) is 5.92 Å². The highest BCUT2D eigenvalue weighted by Crippen LogP contribution is 2.33. The Hall–Kier alpha value is -3.51. The maximum absolute atomic E-state index is 14.6. The Morgan fingerprint density at radius 2 is 2.14 bits per heavy atom. The van der Waals surface area contributed by atoms with Gasteiger partial charge in [0.1, 0.15) is 23.8 Å². The number of cyclic esters (lactones) is 1. The van der Waals surface area contributed by atoms with E-state index < -0.39 is 6.09 Å². The molecule has 0 radical (unpaired) electrons. The summed E-state index contributed by atoms with van der Waals surface area (Å²) in [4.78, 5) is 33.7. The molecule has 2 fully saturated rings. The average Bonchev–Trinajstić information content (AvgIpc) is 3.42. The molecule has 2 atom stereocenters. The third kappa shape index (κ3) is 4.65. The van der Waals surface area contributed by atoms with Crippen LogP contribution >= 0.6 is 0 Å². The van der Waals surface area contributed by atoms with Crippen LogP contribution in [0.3, 0.4) is 0 Å². The molecule has 1 aromatic carbocycles. The molecule has 11 nitrogen and oxygen atoms in total. The van der Waals surface area contributed by atoms with Crippen LogP contribution in [0, 0.1) is 11.7 Å². The second kappa shape index (κ2) is 9.51. The summed E-state index contributed by atoms with van der Waals surface area (Å²) in [7, 11) is 0. The van der Waals surface area contributed by atoms with E-state index in [1.807, 2.05) is 6.07 Å². The lowest BCUT2D eigenvalue weighted by molar-refractivity contribution is -0.118. The summed E-state index contributed by atoms with van der Waals surface area (Å²) in [6, 6.07) is 3.48. The molecule has 0 bridgehead atoms. The number of amides is 2. The van der Waals surface area contributed by atoms with Gasteiger partial charge in [-0.1, -0.05) is 0 Å². The number of carbonyl (C=O) groups excluding carboxylic acids is 2. The van der Waals surface area contributed by atoms with Crippen LogP contribution in [0.2, 0.25) is 0 Å². The van der Waals surface area contributed by atoms with Gasteiger partial charge in [0.05, 0.1) is 12.7 Å². The van der Waals surface area contributed by atoms with Crippen molar-refractivity contribution in [2.75, 3.05) is 49.5 Å². The lowest BCUT2D eigenvalue weighted by Gasteiger charge is -2.28. The second-order valence-corrected chi connectivity index (χ2v) is 9.54. The Morgan fingerprint density at radius 3 is 2.97 bits per heavy atom. The van der Waals surface area contributed by atoms with Crippen molar-refractivity contribution in [3.63, 3.8) is 0 Å². The number of carbonyl (C=O) groups is 2. The van der Waals surface area contributed by atoms with Gasteiger partial charge in [-0.2, -0.15) is 0 Å². The molecule has 0 spiro atoms. The van der Waals surface area contributed by atoms with Crippen LogP contribution in [0.4, 0.5) is 20.8 Å². The van der Waals surface area contributed by atoms with Gasteiger partial charge < -0.3 is 30.2 Å². The first-order chi connectivity index (χ1) is 17.5. The summed E-state index contributed by atoms with van der Waals surface area (Å²) in [6.07, 6.45) is 2.88. The van der Waals surface area contributed by atoms with Gasteiger partial charge in [-0.15, -0.1) is 0 Å². The number of aromatic nitrogens is 2. The molecule has 2 unspecified atom stereocenters. The molecule has 36 heavy (non-hydrogen) atoms. The molecule has 190 valence electrons. The van der Waals surface area contributed by atoms with E-state index in [1.165, 1.54) is 17.2 Å². The fraction of sp³-hybridized carbons (Fsp3) is 0.500. The van der Waals surface area contributed by atoms with Crippen molar-refractivity contribution in [1.82, 2.24) is 20.6 Å². The molecule has 2 amide bonds. The molecule has 1 aromatic heterocycles. The first-order valence-electron chi connectivity index (χ1n) is 12.2. The lowest BCUT2D eigenvalue weighted by atomic mass is 10.1. The van der Waals surface area contributed by atoms with Gasteiger partial charge in [-0.3, -0.25) is 9.69 Å². The van der Waals surface area contributed by atoms with Crippen molar-refractivity contribution in [3.05, 3.63) is 35.3 Å². The zero-order valence-corrected chi connectivity index (χ0v) is 19.6. The van der Waals surface area contributed by atoms with Crippen molar-refractivity contribution in [2.45, 2.75) is 31.5 Å². The molecule has 3 aliphatic heterocycles. The third-order valence-corrected chi connectivity index (χ3v) is 6.86. The zero-order chi connectivity index (χ0) is 24.6. The van der Waals surface area contributed by atoms with Crippen LogP contribution in [-0.4, -0.2) is 73.5 Å². The second-order valence-electron chi connectivity index (χ2n) is 9.54. The summed E-state index contributed by atoms with van der Waals surface area (Å²) in [5.41, 5.74) is 1.81. The fourth-order valence-corrected chi connectivity index (χ4v) is 4.91. The highest BCUT2D eigenvalue weighted by Gasteiger charge is 2.34. The molecular formula is C24H27FN6O5. The van der Waals surface area contributed by atoms with Gasteiger partial charge in [0.15, 0.2) is 18.2 Å². The minimum atomic E-state index is -0.505. The summed E-state index contributed by atoms with van der Waals surface area (Å²) < 4.78 is 31.1. The minimum Gasteiger partial charge on any atom is -0.488 e. The van der Waals surface area contributed by atoms with E-state index in [4.69, 9.17) is 14.2 Å². The van der Waals surface area contributed by atoms with Gasteiger partial charge in [-0.05, 0) is 55.5 Å². The van der Waals surface area contributed by atoms with Crippen LogP contribution < -0.4 is 30.3 Å². The maximum Gasteiger partial charge on any atom is 0.415 e. The molecule has 3 N–H and O–H groups in total. The highest BCUT2D eigenvalue weighted by molar-refractivity contribution is 5.94.